The molecule has 1 heterocycles. The fourth-order valence-corrected chi connectivity index (χ4v) is 3.56. The van der Waals surface area contributed by atoms with Gasteiger partial charge in [-0.1, -0.05) is 48.5 Å². The molecular weight excluding hydrogens is 338 g/mol. The first kappa shape index (κ1) is 19.1. The van der Waals surface area contributed by atoms with Crippen LogP contribution in [0.15, 0.2) is 60.7 Å². The van der Waals surface area contributed by atoms with Gasteiger partial charge in [0.25, 0.3) is 5.91 Å². The van der Waals surface area contributed by atoms with Crippen LogP contribution in [0.4, 0.5) is 0 Å². The standard InChI is InChI=1S/C22H27N3O2/c1-16(23)19-13-8-14-25(15-19)22(27)20(17-9-4-2-5-10-17)24-21(26)18-11-6-3-7-12-18/h2-7,9-12,16,19-20H,8,13-15,23H2,1H3,(H,24,26). The van der Waals surface area contributed by atoms with E-state index in [1.54, 1.807) is 12.1 Å². The third kappa shape index (κ3) is 4.74. The van der Waals surface area contributed by atoms with Crippen molar-refractivity contribution in [3.8, 4) is 0 Å². The van der Waals surface area contributed by atoms with Gasteiger partial charge < -0.3 is 16.0 Å². The van der Waals surface area contributed by atoms with Crippen LogP contribution in [0.3, 0.4) is 0 Å². The highest BCUT2D eigenvalue weighted by Crippen LogP contribution is 2.23. The number of rotatable bonds is 5. The van der Waals surface area contributed by atoms with Crippen molar-refractivity contribution in [1.82, 2.24) is 10.2 Å². The summed E-state index contributed by atoms with van der Waals surface area (Å²) in [5, 5.41) is 2.93. The van der Waals surface area contributed by atoms with Gasteiger partial charge in [0.05, 0.1) is 0 Å². The van der Waals surface area contributed by atoms with E-state index in [0.717, 1.165) is 18.4 Å². The number of hydrogen-bond donors (Lipinski definition) is 2. The van der Waals surface area contributed by atoms with Crippen LogP contribution < -0.4 is 11.1 Å². The summed E-state index contributed by atoms with van der Waals surface area (Å²) in [6, 6.07) is 17.7. The number of nitrogens with one attached hydrogen (secondary N) is 1. The van der Waals surface area contributed by atoms with E-state index < -0.39 is 6.04 Å². The molecule has 5 heteroatoms. The summed E-state index contributed by atoms with van der Waals surface area (Å²) >= 11 is 0. The molecule has 1 fully saturated rings. The molecule has 1 saturated heterocycles. The van der Waals surface area contributed by atoms with E-state index in [9.17, 15) is 9.59 Å². The third-order valence-corrected chi connectivity index (χ3v) is 5.20. The summed E-state index contributed by atoms with van der Waals surface area (Å²) in [6.45, 7) is 3.33. The summed E-state index contributed by atoms with van der Waals surface area (Å²) in [4.78, 5) is 27.8. The lowest BCUT2D eigenvalue weighted by atomic mass is 9.91. The Labute approximate surface area is 160 Å². The van der Waals surface area contributed by atoms with Crippen LogP contribution in [0.5, 0.6) is 0 Å². The molecule has 2 amide bonds. The Hall–Kier alpha value is -2.66. The molecule has 27 heavy (non-hydrogen) atoms. The van der Waals surface area contributed by atoms with Crippen molar-refractivity contribution in [3.05, 3.63) is 71.8 Å². The minimum Gasteiger partial charge on any atom is -0.340 e. The molecule has 3 atom stereocenters. The number of nitrogens with two attached hydrogens (primary N) is 1. The van der Waals surface area contributed by atoms with Gasteiger partial charge in [-0.3, -0.25) is 9.59 Å². The molecule has 2 aromatic carbocycles. The molecule has 5 nitrogen and oxygen atoms in total. The highest BCUT2D eigenvalue weighted by Gasteiger charge is 2.32. The van der Waals surface area contributed by atoms with E-state index in [1.807, 2.05) is 60.4 Å². The minimum atomic E-state index is -0.703. The summed E-state index contributed by atoms with van der Waals surface area (Å²) in [5.74, 6) is -0.0293. The van der Waals surface area contributed by atoms with Crippen LogP contribution in [0.2, 0.25) is 0 Å². The Morgan fingerprint density at radius 2 is 1.70 bits per heavy atom. The van der Waals surface area contributed by atoms with Gasteiger partial charge in [-0.2, -0.15) is 0 Å². The molecule has 0 aliphatic carbocycles. The van der Waals surface area contributed by atoms with E-state index in [1.165, 1.54) is 0 Å². The first-order chi connectivity index (χ1) is 13.1. The van der Waals surface area contributed by atoms with E-state index >= 15 is 0 Å². The monoisotopic (exact) mass is 365 g/mol. The van der Waals surface area contributed by atoms with E-state index in [4.69, 9.17) is 5.73 Å². The maximum absolute atomic E-state index is 13.3. The van der Waals surface area contributed by atoms with Crippen molar-refractivity contribution < 1.29 is 9.59 Å². The Bertz CT molecular complexity index is 762. The van der Waals surface area contributed by atoms with Crippen LogP contribution >= 0.6 is 0 Å². The van der Waals surface area contributed by atoms with Crippen molar-refractivity contribution in [2.45, 2.75) is 31.8 Å². The average Bonchev–Trinajstić information content (AvgIpc) is 2.72. The molecule has 2 aromatic rings. The predicted molar refractivity (Wildman–Crippen MR) is 106 cm³/mol. The van der Waals surface area contributed by atoms with Gasteiger partial charge in [0.2, 0.25) is 5.91 Å². The van der Waals surface area contributed by atoms with Gasteiger partial charge in [-0.15, -0.1) is 0 Å². The smallest absolute Gasteiger partial charge is 0.252 e. The third-order valence-electron chi connectivity index (χ3n) is 5.20. The molecular formula is C22H27N3O2. The number of piperidine rings is 1. The predicted octanol–water partition coefficient (Wildman–Crippen LogP) is 2.74. The van der Waals surface area contributed by atoms with Gasteiger partial charge in [-0.05, 0) is 43.4 Å². The summed E-state index contributed by atoms with van der Waals surface area (Å²) in [6.07, 6.45) is 1.97. The largest absolute Gasteiger partial charge is 0.340 e. The second-order valence-electron chi connectivity index (χ2n) is 7.23. The Morgan fingerprint density at radius 3 is 2.33 bits per heavy atom. The van der Waals surface area contributed by atoms with E-state index in [2.05, 4.69) is 5.32 Å². The zero-order chi connectivity index (χ0) is 19.2. The minimum absolute atomic E-state index is 0.0506. The summed E-state index contributed by atoms with van der Waals surface area (Å²) in [5.41, 5.74) is 7.39. The van der Waals surface area contributed by atoms with Crippen LogP contribution in [-0.2, 0) is 4.79 Å². The van der Waals surface area contributed by atoms with Crippen LogP contribution in [0.25, 0.3) is 0 Å². The second-order valence-corrected chi connectivity index (χ2v) is 7.23. The lowest BCUT2D eigenvalue weighted by Crippen LogP contribution is -2.49. The first-order valence-electron chi connectivity index (χ1n) is 9.51. The van der Waals surface area contributed by atoms with Gasteiger partial charge in [0, 0.05) is 24.7 Å². The highest BCUT2D eigenvalue weighted by atomic mass is 16.2. The highest BCUT2D eigenvalue weighted by molar-refractivity contribution is 5.97. The number of benzene rings is 2. The second kappa shape index (κ2) is 8.82. The molecule has 0 saturated carbocycles. The maximum atomic E-state index is 13.3. The number of hydrogen-bond acceptors (Lipinski definition) is 3. The lowest BCUT2D eigenvalue weighted by Gasteiger charge is -2.36. The van der Waals surface area contributed by atoms with Crippen LogP contribution in [0, 0.1) is 5.92 Å². The van der Waals surface area contributed by atoms with Crippen LogP contribution in [-0.4, -0.2) is 35.8 Å². The van der Waals surface area contributed by atoms with Crippen molar-refractivity contribution in [1.29, 1.82) is 0 Å². The number of carbonyl (C=O) groups is 2. The molecule has 1 aliphatic heterocycles. The summed E-state index contributed by atoms with van der Waals surface area (Å²) < 4.78 is 0. The van der Waals surface area contributed by atoms with Crippen molar-refractivity contribution >= 4 is 11.8 Å². The topological polar surface area (TPSA) is 75.4 Å². The van der Waals surface area contributed by atoms with E-state index in [0.29, 0.717) is 24.6 Å². The zero-order valence-corrected chi connectivity index (χ0v) is 15.7. The van der Waals surface area contributed by atoms with Gasteiger partial charge in [0.15, 0.2) is 0 Å². The first-order valence-corrected chi connectivity index (χ1v) is 9.51. The maximum Gasteiger partial charge on any atom is 0.252 e. The molecule has 3 unspecified atom stereocenters. The fraction of sp³-hybridized carbons (Fsp3) is 0.364. The number of carbonyl (C=O) groups excluding carboxylic acids is 2. The lowest BCUT2D eigenvalue weighted by molar-refractivity contribution is -0.135. The quantitative estimate of drug-likeness (QED) is 0.855. The van der Waals surface area contributed by atoms with Crippen LogP contribution in [0.1, 0.15) is 41.7 Å². The molecule has 3 rings (SSSR count). The molecule has 3 N–H and O–H groups in total. The van der Waals surface area contributed by atoms with E-state index in [-0.39, 0.29) is 17.9 Å². The molecule has 142 valence electrons. The fourth-order valence-electron chi connectivity index (χ4n) is 3.56. The number of nitrogens with zero attached hydrogens (tertiary/aromatic N) is 1. The molecule has 0 aromatic heterocycles. The number of amides is 2. The van der Waals surface area contributed by atoms with Gasteiger partial charge >= 0.3 is 0 Å². The van der Waals surface area contributed by atoms with Crippen molar-refractivity contribution in [2.24, 2.45) is 11.7 Å². The molecule has 0 radical (unpaired) electrons. The Kier molecular flexibility index (Phi) is 6.24. The molecule has 1 aliphatic rings. The Balaban J connectivity index is 1.82. The van der Waals surface area contributed by atoms with Gasteiger partial charge in [0.1, 0.15) is 6.04 Å². The zero-order valence-electron chi connectivity index (χ0n) is 15.7. The molecule has 0 bridgehead atoms. The average molecular weight is 365 g/mol. The van der Waals surface area contributed by atoms with Gasteiger partial charge in [-0.25, -0.2) is 0 Å². The van der Waals surface area contributed by atoms with Crippen molar-refractivity contribution in [3.63, 3.8) is 0 Å². The number of likely N-dealkylation sites (tertiary alicyclic amines) is 1. The summed E-state index contributed by atoms with van der Waals surface area (Å²) in [7, 11) is 0. The molecule has 0 spiro atoms. The SMILES string of the molecule is CC(N)C1CCCN(C(=O)C(NC(=O)c2ccccc2)c2ccccc2)C1. The van der Waals surface area contributed by atoms with Crippen molar-refractivity contribution in [2.75, 3.05) is 13.1 Å². The normalized spacial score (nSPS) is 19.2. The Morgan fingerprint density at radius 1 is 1.07 bits per heavy atom.